The zero-order valence-corrected chi connectivity index (χ0v) is 7.18. The maximum absolute atomic E-state index is 9.24. The van der Waals surface area contributed by atoms with Gasteiger partial charge in [0.2, 0.25) is 0 Å². The van der Waals surface area contributed by atoms with Crippen LogP contribution in [-0.2, 0) is 6.61 Å². The number of aliphatic hydroxyl groups excluding tert-OH is 2. The van der Waals surface area contributed by atoms with Crippen LogP contribution in [0.25, 0.3) is 0 Å². The van der Waals surface area contributed by atoms with E-state index in [4.69, 9.17) is 5.11 Å². The summed E-state index contributed by atoms with van der Waals surface area (Å²) in [7, 11) is 0. The summed E-state index contributed by atoms with van der Waals surface area (Å²) < 4.78 is 1.52. The largest absolute Gasteiger partial charge is 0.391 e. The molecule has 0 fully saturated rings. The van der Waals surface area contributed by atoms with Crippen molar-refractivity contribution in [1.29, 1.82) is 0 Å². The van der Waals surface area contributed by atoms with Gasteiger partial charge in [0.25, 0.3) is 0 Å². The molecule has 2 unspecified atom stereocenters. The van der Waals surface area contributed by atoms with Gasteiger partial charge in [-0.3, -0.25) is 0 Å². The van der Waals surface area contributed by atoms with Crippen molar-refractivity contribution in [3.05, 3.63) is 11.9 Å². The van der Waals surface area contributed by atoms with Crippen LogP contribution in [0, 0.1) is 0 Å². The van der Waals surface area contributed by atoms with Gasteiger partial charge in [-0.2, -0.15) is 0 Å². The topological polar surface area (TPSA) is 71.2 Å². The second-order valence-corrected chi connectivity index (χ2v) is 2.81. The number of hydrogen-bond donors (Lipinski definition) is 2. The normalized spacial score (nSPS) is 16.0. The first-order valence-electron chi connectivity index (χ1n) is 3.84. The minimum Gasteiger partial charge on any atom is -0.391 e. The van der Waals surface area contributed by atoms with Crippen LogP contribution in [0.1, 0.15) is 25.6 Å². The van der Waals surface area contributed by atoms with Crippen LogP contribution in [-0.4, -0.2) is 31.3 Å². The van der Waals surface area contributed by atoms with Crippen molar-refractivity contribution >= 4 is 0 Å². The highest BCUT2D eigenvalue weighted by atomic mass is 16.3. The molecule has 1 rings (SSSR count). The third kappa shape index (κ3) is 1.62. The van der Waals surface area contributed by atoms with Crippen LogP contribution in [0.2, 0.25) is 0 Å². The van der Waals surface area contributed by atoms with Crippen molar-refractivity contribution in [1.82, 2.24) is 15.0 Å². The molecule has 2 atom stereocenters. The quantitative estimate of drug-likeness (QED) is 0.655. The smallest absolute Gasteiger partial charge is 0.0866 e. The first kappa shape index (κ1) is 9.15. The first-order chi connectivity index (χ1) is 5.66. The molecule has 0 bridgehead atoms. The average Bonchev–Trinajstić information content (AvgIpc) is 2.49. The molecule has 5 heteroatoms. The van der Waals surface area contributed by atoms with Gasteiger partial charge in [0.15, 0.2) is 0 Å². The Hall–Kier alpha value is -0.940. The lowest BCUT2D eigenvalue weighted by molar-refractivity contribution is 0.126. The molecule has 0 saturated carbocycles. The van der Waals surface area contributed by atoms with E-state index in [1.807, 2.05) is 6.92 Å². The van der Waals surface area contributed by atoms with Crippen molar-refractivity contribution in [2.75, 3.05) is 0 Å². The first-order valence-corrected chi connectivity index (χ1v) is 3.84. The molecule has 1 aromatic rings. The fourth-order valence-corrected chi connectivity index (χ4v) is 0.925. The highest BCUT2D eigenvalue weighted by molar-refractivity contribution is 4.93. The van der Waals surface area contributed by atoms with E-state index in [-0.39, 0.29) is 12.6 Å². The summed E-state index contributed by atoms with van der Waals surface area (Å²) >= 11 is 0. The van der Waals surface area contributed by atoms with E-state index in [2.05, 4.69) is 10.3 Å². The molecule has 68 valence electrons. The van der Waals surface area contributed by atoms with Gasteiger partial charge in [-0.05, 0) is 13.8 Å². The Morgan fingerprint density at radius 1 is 1.58 bits per heavy atom. The van der Waals surface area contributed by atoms with Crippen LogP contribution >= 0.6 is 0 Å². The minimum absolute atomic E-state index is 0.107. The monoisotopic (exact) mass is 171 g/mol. The number of rotatable bonds is 3. The zero-order valence-electron chi connectivity index (χ0n) is 7.18. The maximum Gasteiger partial charge on any atom is 0.0866 e. The molecule has 0 saturated heterocycles. The molecule has 0 spiro atoms. The predicted molar refractivity (Wildman–Crippen MR) is 42.3 cm³/mol. The molecule has 0 aliphatic heterocycles. The Labute approximate surface area is 70.6 Å². The van der Waals surface area contributed by atoms with Crippen molar-refractivity contribution < 1.29 is 10.2 Å². The van der Waals surface area contributed by atoms with Gasteiger partial charge in [0, 0.05) is 0 Å². The van der Waals surface area contributed by atoms with E-state index in [1.165, 1.54) is 10.9 Å². The second kappa shape index (κ2) is 3.64. The van der Waals surface area contributed by atoms with E-state index >= 15 is 0 Å². The fourth-order valence-electron chi connectivity index (χ4n) is 0.925. The average molecular weight is 171 g/mol. The van der Waals surface area contributed by atoms with E-state index in [0.717, 1.165) is 0 Å². The minimum atomic E-state index is -0.503. The fraction of sp³-hybridized carbons (Fsp3) is 0.714. The molecule has 1 heterocycles. The summed E-state index contributed by atoms with van der Waals surface area (Å²) in [6.07, 6.45) is 0.982. The van der Waals surface area contributed by atoms with E-state index in [1.54, 1.807) is 6.92 Å². The lowest BCUT2D eigenvalue weighted by Gasteiger charge is -2.15. The number of aliphatic hydroxyl groups is 2. The van der Waals surface area contributed by atoms with Gasteiger partial charge in [-0.25, -0.2) is 4.68 Å². The third-order valence-electron chi connectivity index (χ3n) is 1.89. The summed E-state index contributed by atoms with van der Waals surface area (Å²) in [5.74, 6) is 0. The van der Waals surface area contributed by atoms with Crippen molar-refractivity contribution in [3.63, 3.8) is 0 Å². The molecule has 12 heavy (non-hydrogen) atoms. The molecule has 1 aromatic heterocycles. The third-order valence-corrected chi connectivity index (χ3v) is 1.89. The molecule has 0 aromatic carbocycles. The molecule has 0 amide bonds. The Kier molecular flexibility index (Phi) is 2.78. The Morgan fingerprint density at radius 3 is 2.75 bits per heavy atom. The Balaban J connectivity index is 2.86. The van der Waals surface area contributed by atoms with Crippen LogP contribution in [0.5, 0.6) is 0 Å². The van der Waals surface area contributed by atoms with Crippen LogP contribution in [0.15, 0.2) is 6.20 Å². The maximum atomic E-state index is 9.24. The van der Waals surface area contributed by atoms with Crippen LogP contribution in [0.3, 0.4) is 0 Å². The zero-order chi connectivity index (χ0) is 9.14. The lowest BCUT2D eigenvalue weighted by Crippen LogP contribution is -2.21. The molecule has 0 radical (unpaired) electrons. The van der Waals surface area contributed by atoms with Crippen molar-refractivity contribution in [2.24, 2.45) is 0 Å². The highest BCUT2D eigenvalue weighted by Gasteiger charge is 2.14. The van der Waals surface area contributed by atoms with Gasteiger partial charge in [-0.1, -0.05) is 5.21 Å². The molecule has 0 aliphatic carbocycles. The van der Waals surface area contributed by atoms with Crippen molar-refractivity contribution in [3.8, 4) is 0 Å². The predicted octanol–water partition coefficient (Wildman–Crippen LogP) is -0.288. The number of hydrogen-bond acceptors (Lipinski definition) is 4. The van der Waals surface area contributed by atoms with Gasteiger partial charge in [0.05, 0.1) is 30.6 Å². The summed E-state index contributed by atoms with van der Waals surface area (Å²) in [6.45, 7) is 3.38. The van der Waals surface area contributed by atoms with E-state index in [9.17, 15) is 5.11 Å². The summed E-state index contributed by atoms with van der Waals surface area (Å²) in [5, 5.41) is 25.5. The molecule has 5 nitrogen and oxygen atoms in total. The summed E-state index contributed by atoms with van der Waals surface area (Å²) in [6, 6.07) is -0.158. The Bertz CT molecular complexity index is 247. The van der Waals surface area contributed by atoms with Crippen LogP contribution < -0.4 is 0 Å². The van der Waals surface area contributed by atoms with Gasteiger partial charge in [0.1, 0.15) is 0 Å². The molecule has 0 aliphatic rings. The number of aromatic nitrogens is 3. The SMILES string of the molecule is CC(O)C(C)n1nncc1CO. The van der Waals surface area contributed by atoms with E-state index in [0.29, 0.717) is 5.69 Å². The number of nitrogens with zero attached hydrogens (tertiary/aromatic N) is 3. The van der Waals surface area contributed by atoms with E-state index < -0.39 is 6.10 Å². The molecular weight excluding hydrogens is 158 g/mol. The highest BCUT2D eigenvalue weighted by Crippen LogP contribution is 2.11. The van der Waals surface area contributed by atoms with Crippen molar-refractivity contribution in [2.45, 2.75) is 32.6 Å². The standard InChI is InChI=1S/C7H13N3O2/c1-5(6(2)12)10-7(4-11)3-8-9-10/h3,5-6,11-12H,4H2,1-2H3. The Morgan fingerprint density at radius 2 is 2.25 bits per heavy atom. The van der Waals surface area contributed by atoms with Crippen LogP contribution in [0.4, 0.5) is 0 Å². The lowest BCUT2D eigenvalue weighted by atomic mass is 10.2. The summed E-state index contributed by atoms with van der Waals surface area (Å²) in [5.41, 5.74) is 0.614. The van der Waals surface area contributed by atoms with Gasteiger partial charge in [-0.15, -0.1) is 5.10 Å². The van der Waals surface area contributed by atoms with Gasteiger partial charge >= 0.3 is 0 Å². The second-order valence-electron chi connectivity index (χ2n) is 2.81. The molecule has 2 N–H and O–H groups in total. The van der Waals surface area contributed by atoms with Gasteiger partial charge < -0.3 is 10.2 Å². The summed E-state index contributed by atoms with van der Waals surface area (Å²) in [4.78, 5) is 0. The molecular formula is C7H13N3O2.